The largest absolute Gasteiger partial charge is 0.487 e. The van der Waals surface area contributed by atoms with Gasteiger partial charge in [0, 0.05) is 10.7 Å². The molecule has 0 aliphatic carbocycles. The minimum absolute atomic E-state index is 0.136. The second-order valence-electron chi connectivity index (χ2n) is 4.91. The molecule has 0 heterocycles. The summed E-state index contributed by atoms with van der Waals surface area (Å²) >= 11 is 6.06. The van der Waals surface area contributed by atoms with Crippen LogP contribution in [0.2, 0.25) is 5.02 Å². The lowest BCUT2D eigenvalue weighted by atomic mass is 10.2. The third-order valence-corrected chi connectivity index (χ3v) is 3.63. The number of nitrogens with one attached hydrogen (secondary N) is 2. The van der Waals surface area contributed by atoms with Crippen LogP contribution in [0.3, 0.4) is 0 Å². The predicted octanol–water partition coefficient (Wildman–Crippen LogP) is 4.26. The maximum atomic E-state index is 12.1. The Morgan fingerprint density at radius 2 is 1.96 bits per heavy atom. The van der Waals surface area contributed by atoms with Crippen LogP contribution in [0.5, 0.6) is 5.75 Å². The van der Waals surface area contributed by atoms with Gasteiger partial charge in [0.15, 0.2) is 0 Å². The van der Waals surface area contributed by atoms with E-state index in [4.69, 9.17) is 16.3 Å². The maximum absolute atomic E-state index is 12.1. The summed E-state index contributed by atoms with van der Waals surface area (Å²) < 4.78 is 5.51. The molecule has 0 fully saturated rings. The van der Waals surface area contributed by atoms with Crippen molar-refractivity contribution in [3.8, 4) is 5.75 Å². The van der Waals surface area contributed by atoms with Gasteiger partial charge in [-0.05, 0) is 36.8 Å². The molecule has 0 aromatic heterocycles. The van der Waals surface area contributed by atoms with Gasteiger partial charge in [-0.15, -0.1) is 0 Å². The smallest absolute Gasteiger partial charge is 0.243 e. The second kappa shape index (κ2) is 8.25. The number of ether oxygens (including phenoxy) is 1. The normalized spacial score (nSPS) is 10.0. The topological polar surface area (TPSA) is 50.4 Å². The lowest BCUT2D eigenvalue weighted by molar-refractivity contribution is -0.114. The number of para-hydroxylation sites is 2. The van der Waals surface area contributed by atoms with Gasteiger partial charge in [-0.1, -0.05) is 42.5 Å². The van der Waals surface area contributed by atoms with Gasteiger partial charge in [0.2, 0.25) is 5.91 Å². The Morgan fingerprint density at radius 1 is 1.22 bits per heavy atom. The number of amides is 1. The van der Waals surface area contributed by atoms with E-state index in [9.17, 15) is 4.79 Å². The highest BCUT2D eigenvalue weighted by Gasteiger charge is 2.08. The molecule has 0 radical (unpaired) electrons. The summed E-state index contributed by atoms with van der Waals surface area (Å²) in [4.78, 5) is 12.1. The fourth-order valence-electron chi connectivity index (χ4n) is 2.01. The molecule has 0 saturated heterocycles. The van der Waals surface area contributed by atoms with E-state index in [2.05, 4.69) is 17.2 Å². The van der Waals surface area contributed by atoms with Crippen molar-refractivity contribution in [2.75, 3.05) is 23.8 Å². The first-order valence-electron chi connectivity index (χ1n) is 7.23. The Hall–Kier alpha value is -2.46. The number of halogens is 1. The number of carbonyl (C=O) groups excluding carboxylic acids is 1. The van der Waals surface area contributed by atoms with Crippen molar-refractivity contribution in [1.82, 2.24) is 0 Å². The first-order chi connectivity index (χ1) is 11.1. The lowest BCUT2D eigenvalue weighted by Crippen LogP contribution is -2.22. The molecule has 23 heavy (non-hydrogen) atoms. The van der Waals surface area contributed by atoms with E-state index in [-0.39, 0.29) is 12.5 Å². The molecule has 0 saturated carbocycles. The summed E-state index contributed by atoms with van der Waals surface area (Å²) in [6.07, 6.45) is 1.65. The van der Waals surface area contributed by atoms with Crippen LogP contribution in [0, 0.1) is 6.92 Å². The third-order valence-electron chi connectivity index (χ3n) is 3.22. The van der Waals surface area contributed by atoms with Crippen molar-refractivity contribution < 1.29 is 9.53 Å². The first-order valence-corrected chi connectivity index (χ1v) is 7.61. The van der Waals surface area contributed by atoms with Crippen LogP contribution in [0.1, 0.15) is 5.56 Å². The van der Waals surface area contributed by atoms with Crippen molar-refractivity contribution in [2.45, 2.75) is 6.92 Å². The van der Waals surface area contributed by atoms with Gasteiger partial charge >= 0.3 is 0 Å². The highest BCUT2D eigenvalue weighted by Crippen LogP contribution is 2.24. The molecule has 4 nitrogen and oxygen atoms in total. The van der Waals surface area contributed by atoms with Gasteiger partial charge in [-0.3, -0.25) is 4.79 Å². The van der Waals surface area contributed by atoms with Crippen LogP contribution >= 0.6 is 11.6 Å². The van der Waals surface area contributed by atoms with E-state index in [1.165, 1.54) is 0 Å². The van der Waals surface area contributed by atoms with Gasteiger partial charge in [0.05, 0.1) is 12.2 Å². The molecular weight excluding hydrogens is 312 g/mol. The van der Waals surface area contributed by atoms with Crippen LogP contribution in [-0.2, 0) is 4.79 Å². The Labute approximate surface area is 141 Å². The van der Waals surface area contributed by atoms with E-state index in [0.29, 0.717) is 23.1 Å². The quantitative estimate of drug-likeness (QED) is 0.746. The van der Waals surface area contributed by atoms with E-state index in [0.717, 1.165) is 11.3 Å². The van der Waals surface area contributed by atoms with Crippen molar-refractivity contribution in [3.63, 3.8) is 0 Å². The fourth-order valence-corrected chi connectivity index (χ4v) is 2.19. The minimum Gasteiger partial charge on any atom is -0.487 e. The van der Waals surface area contributed by atoms with Gasteiger partial charge in [0.1, 0.15) is 12.4 Å². The van der Waals surface area contributed by atoms with E-state index >= 15 is 0 Å². The molecule has 0 aliphatic heterocycles. The molecule has 2 aromatic carbocycles. The van der Waals surface area contributed by atoms with Crippen LogP contribution in [-0.4, -0.2) is 19.1 Å². The Balaban J connectivity index is 1.97. The third kappa shape index (κ3) is 4.76. The summed E-state index contributed by atoms with van der Waals surface area (Å²) in [7, 11) is 0. The number of benzene rings is 2. The molecule has 0 atom stereocenters. The van der Waals surface area contributed by atoms with Crippen molar-refractivity contribution >= 4 is 28.9 Å². The van der Waals surface area contributed by atoms with Crippen molar-refractivity contribution in [3.05, 3.63) is 65.7 Å². The number of hydrogen-bond donors (Lipinski definition) is 2. The molecular formula is C18H19ClN2O2. The number of hydrogen-bond acceptors (Lipinski definition) is 3. The maximum Gasteiger partial charge on any atom is 0.243 e. The molecule has 0 unspecified atom stereocenters. The summed E-state index contributed by atoms with van der Waals surface area (Å²) in [6, 6.07) is 12.8. The SMILES string of the molecule is C=CCOc1ccccc1NC(=O)CNc1cccc(Cl)c1C. The standard InChI is InChI=1S/C18H19ClN2O2/c1-3-11-23-17-10-5-4-8-16(17)21-18(22)12-20-15-9-6-7-14(19)13(15)2/h3-10,20H,1,11-12H2,2H3,(H,21,22). The highest BCUT2D eigenvalue weighted by atomic mass is 35.5. The Bertz CT molecular complexity index is 701. The predicted molar refractivity (Wildman–Crippen MR) is 95.4 cm³/mol. The Kier molecular flexibility index (Phi) is 6.06. The van der Waals surface area contributed by atoms with Gasteiger partial charge in [-0.2, -0.15) is 0 Å². The summed E-state index contributed by atoms with van der Waals surface area (Å²) in [6.45, 7) is 6.03. The molecule has 2 rings (SSSR count). The molecule has 1 amide bonds. The lowest BCUT2D eigenvalue weighted by Gasteiger charge is -2.13. The molecule has 2 N–H and O–H groups in total. The van der Waals surface area contributed by atoms with Gasteiger partial charge < -0.3 is 15.4 Å². The summed E-state index contributed by atoms with van der Waals surface area (Å²) in [5.74, 6) is 0.443. The van der Waals surface area contributed by atoms with Crippen LogP contribution < -0.4 is 15.4 Å². The second-order valence-corrected chi connectivity index (χ2v) is 5.32. The summed E-state index contributed by atoms with van der Waals surface area (Å²) in [5.41, 5.74) is 2.38. The van der Waals surface area contributed by atoms with Crippen LogP contribution in [0.25, 0.3) is 0 Å². The van der Waals surface area contributed by atoms with Crippen molar-refractivity contribution in [1.29, 1.82) is 0 Å². The zero-order valence-corrected chi connectivity index (χ0v) is 13.7. The first kappa shape index (κ1) is 16.9. The average molecular weight is 331 g/mol. The van der Waals surface area contributed by atoms with Crippen LogP contribution in [0.4, 0.5) is 11.4 Å². The fraction of sp³-hybridized carbons (Fsp3) is 0.167. The van der Waals surface area contributed by atoms with E-state index in [1.54, 1.807) is 18.2 Å². The number of rotatable bonds is 7. The van der Waals surface area contributed by atoms with Gasteiger partial charge in [0.25, 0.3) is 0 Å². The number of carbonyl (C=O) groups is 1. The van der Waals surface area contributed by atoms with E-state index in [1.807, 2.05) is 37.3 Å². The molecule has 5 heteroatoms. The van der Waals surface area contributed by atoms with E-state index < -0.39 is 0 Å². The van der Waals surface area contributed by atoms with Crippen LogP contribution in [0.15, 0.2) is 55.1 Å². The van der Waals surface area contributed by atoms with Gasteiger partial charge in [-0.25, -0.2) is 0 Å². The average Bonchev–Trinajstić information content (AvgIpc) is 2.55. The molecule has 0 aliphatic rings. The number of anilines is 2. The summed E-state index contributed by atoms with van der Waals surface area (Å²) in [5, 5.41) is 6.58. The highest BCUT2D eigenvalue weighted by molar-refractivity contribution is 6.31. The Morgan fingerprint density at radius 3 is 2.74 bits per heavy atom. The monoisotopic (exact) mass is 330 g/mol. The molecule has 0 bridgehead atoms. The molecule has 0 spiro atoms. The molecule has 2 aromatic rings. The van der Waals surface area contributed by atoms with Crippen molar-refractivity contribution in [2.24, 2.45) is 0 Å². The minimum atomic E-state index is -0.168. The zero-order valence-electron chi connectivity index (χ0n) is 12.9. The zero-order chi connectivity index (χ0) is 16.7. The molecule has 120 valence electrons.